The minimum absolute atomic E-state index is 0.0608. The largest absolute Gasteiger partial charge is 0.393 e. The number of nitrogens with one attached hydrogen (secondary N) is 1. The molecule has 4 atom stereocenters. The Labute approximate surface area is 201 Å². The van der Waals surface area contributed by atoms with Crippen molar-refractivity contribution in [2.75, 3.05) is 30.9 Å². The maximum Gasteiger partial charge on any atom is 0.255 e. The smallest absolute Gasteiger partial charge is 0.255 e. The lowest BCUT2D eigenvalue weighted by molar-refractivity contribution is -0.0597. The Kier molecular flexibility index (Phi) is 6.62. The van der Waals surface area contributed by atoms with E-state index in [1.54, 1.807) is 19.0 Å². The molecule has 3 N–H and O–H groups in total. The van der Waals surface area contributed by atoms with E-state index in [1.807, 2.05) is 0 Å². The third kappa shape index (κ3) is 4.64. The maximum atomic E-state index is 13.9. The van der Waals surface area contributed by atoms with Gasteiger partial charge in [0.25, 0.3) is 5.91 Å². The molecule has 0 aromatic heterocycles. The number of halogens is 3. The van der Waals surface area contributed by atoms with Gasteiger partial charge < -0.3 is 20.4 Å². The fourth-order valence-corrected chi connectivity index (χ4v) is 8.11. The Morgan fingerprint density at radius 3 is 2.17 bits per heavy atom. The number of carbonyl (C=O) groups excluding carboxylic acids is 1. The van der Waals surface area contributed by atoms with E-state index in [0.29, 0.717) is 30.7 Å². The van der Waals surface area contributed by atoms with E-state index >= 15 is 0 Å². The van der Waals surface area contributed by atoms with Gasteiger partial charge in [0.15, 0.2) is 27.3 Å². The number of anilines is 2. The quantitative estimate of drug-likeness (QED) is 0.514. The van der Waals surface area contributed by atoms with Crippen LogP contribution in [0.25, 0.3) is 0 Å². The number of aliphatic hydroxyl groups is 2. The second-order valence-electron chi connectivity index (χ2n) is 9.68. The van der Waals surface area contributed by atoms with Gasteiger partial charge in [0.1, 0.15) is 0 Å². The number of sulfone groups is 1. The molecule has 2 bridgehead atoms. The van der Waals surface area contributed by atoms with Crippen LogP contribution in [-0.2, 0) is 9.84 Å². The first-order chi connectivity index (χ1) is 16.4. The summed E-state index contributed by atoms with van der Waals surface area (Å²) < 4.78 is 68.1. The average Bonchev–Trinajstić information content (AvgIpc) is 3.10. The summed E-state index contributed by atoms with van der Waals surface area (Å²) >= 11 is 0. The number of hydrogen-bond acceptors (Lipinski definition) is 6. The molecule has 0 heterocycles. The van der Waals surface area contributed by atoms with E-state index in [4.69, 9.17) is 0 Å². The molecule has 190 valence electrons. The Balaban J connectivity index is 1.69. The topological polar surface area (TPSA) is 107 Å². The van der Waals surface area contributed by atoms with Crippen LogP contribution in [0.5, 0.6) is 0 Å². The molecule has 2 aromatic carbocycles. The molecule has 0 radical (unpaired) electrons. The van der Waals surface area contributed by atoms with Crippen molar-refractivity contribution in [1.82, 2.24) is 0 Å². The summed E-state index contributed by atoms with van der Waals surface area (Å²) in [5.41, 5.74) is -1.32. The highest BCUT2D eigenvalue weighted by Crippen LogP contribution is 2.51. The third-order valence-corrected chi connectivity index (χ3v) is 9.45. The second kappa shape index (κ2) is 9.11. The van der Waals surface area contributed by atoms with Gasteiger partial charge in [-0.15, -0.1) is 0 Å². The van der Waals surface area contributed by atoms with Crippen molar-refractivity contribution in [2.24, 2.45) is 11.8 Å². The fraction of sp³-hybridized carbons (Fsp3) is 0.458. The summed E-state index contributed by atoms with van der Waals surface area (Å²) in [6, 6.07) is 5.35. The monoisotopic (exact) mass is 512 g/mol. The highest BCUT2D eigenvalue weighted by atomic mass is 32.2. The lowest BCUT2D eigenvalue weighted by atomic mass is 9.77. The van der Waals surface area contributed by atoms with Crippen LogP contribution in [-0.4, -0.2) is 56.1 Å². The van der Waals surface area contributed by atoms with Crippen molar-refractivity contribution in [1.29, 1.82) is 0 Å². The molecule has 4 rings (SSSR count). The van der Waals surface area contributed by atoms with Crippen LogP contribution in [0.1, 0.15) is 36.0 Å². The maximum absolute atomic E-state index is 13.9. The Morgan fingerprint density at radius 1 is 1.09 bits per heavy atom. The van der Waals surface area contributed by atoms with Crippen molar-refractivity contribution < 1.29 is 36.6 Å². The van der Waals surface area contributed by atoms with E-state index < -0.39 is 50.7 Å². The zero-order valence-electron chi connectivity index (χ0n) is 19.3. The van der Waals surface area contributed by atoms with Crippen LogP contribution >= 0.6 is 0 Å². The number of carbonyl (C=O) groups is 1. The lowest BCUT2D eigenvalue weighted by Crippen LogP contribution is -2.48. The zero-order chi connectivity index (χ0) is 25.7. The molecule has 1 amide bonds. The third-order valence-electron chi connectivity index (χ3n) is 7.03. The van der Waals surface area contributed by atoms with Gasteiger partial charge in [0.05, 0.1) is 28.0 Å². The van der Waals surface area contributed by atoms with Gasteiger partial charge in [-0.3, -0.25) is 4.79 Å². The molecule has 0 aliphatic heterocycles. The molecule has 0 spiro atoms. The number of fused-ring (bicyclic) bond motifs is 2. The van der Waals surface area contributed by atoms with Gasteiger partial charge >= 0.3 is 0 Å². The number of aliphatic hydroxyl groups excluding tert-OH is 1. The summed E-state index contributed by atoms with van der Waals surface area (Å²) in [6.45, 7) is -0.435. The fourth-order valence-electron chi connectivity index (χ4n) is 5.50. The summed E-state index contributed by atoms with van der Waals surface area (Å²) in [5, 5.41) is 21.7. The first-order valence-corrected chi connectivity index (χ1v) is 12.8. The van der Waals surface area contributed by atoms with E-state index in [9.17, 15) is 36.6 Å². The van der Waals surface area contributed by atoms with Gasteiger partial charge in [-0.25, -0.2) is 21.6 Å². The Morgan fingerprint density at radius 2 is 1.66 bits per heavy atom. The molecule has 3 unspecified atom stereocenters. The minimum Gasteiger partial charge on any atom is -0.393 e. The highest BCUT2D eigenvalue weighted by Gasteiger charge is 2.54. The SMILES string of the molecule is CN(C)c1ccc(C(=O)Nc2cc(F)c(F)c(F)c2)cc1S(=O)(=O)C1C2CC[C@@H]1CC(O)(CO)C2. The Bertz CT molecular complexity index is 1230. The number of amides is 1. The van der Waals surface area contributed by atoms with Crippen LogP contribution in [0, 0.1) is 29.3 Å². The number of rotatable bonds is 6. The predicted octanol–water partition coefficient (Wildman–Crippen LogP) is 3.11. The summed E-state index contributed by atoms with van der Waals surface area (Å²) in [7, 11) is -0.634. The van der Waals surface area contributed by atoms with Crippen LogP contribution in [0.15, 0.2) is 35.2 Å². The molecule has 11 heteroatoms. The van der Waals surface area contributed by atoms with E-state index in [2.05, 4.69) is 5.32 Å². The Hall–Kier alpha value is -2.63. The molecular weight excluding hydrogens is 485 g/mol. The number of hydrogen-bond donors (Lipinski definition) is 3. The van der Waals surface area contributed by atoms with Gasteiger partial charge in [0, 0.05) is 37.5 Å². The van der Waals surface area contributed by atoms with E-state index in [1.165, 1.54) is 18.2 Å². The van der Waals surface area contributed by atoms with Crippen molar-refractivity contribution in [2.45, 2.75) is 41.4 Å². The number of nitrogens with zero attached hydrogens (tertiary/aromatic N) is 1. The summed E-state index contributed by atoms with van der Waals surface area (Å²) in [4.78, 5) is 14.3. The highest BCUT2D eigenvalue weighted by molar-refractivity contribution is 7.92. The normalized spacial score (nSPS) is 26.0. The van der Waals surface area contributed by atoms with Crippen molar-refractivity contribution in [3.8, 4) is 0 Å². The molecule has 7 nitrogen and oxygen atoms in total. The van der Waals surface area contributed by atoms with Crippen molar-refractivity contribution in [3.05, 3.63) is 53.3 Å². The zero-order valence-corrected chi connectivity index (χ0v) is 20.1. The lowest BCUT2D eigenvalue weighted by Gasteiger charge is -2.40. The predicted molar refractivity (Wildman–Crippen MR) is 123 cm³/mol. The summed E-state index contributed by atoms with van der Waals surface area (Å²) in [5.74, 6) is -6.10. The van der Waals surface area contributed by atoms with Gasteiger partial charge in [0.2, 0.25) is 0 Å². The molecular formula is C24H27F3N2O5S. The van der Waals surface area contributed by atoms with Crippen molar-refractivity contribution >= 4 is 27.1 Å². The molecule has 2 saturated carbocycles. The minimum atomic E-state index is -3.96. The van der Waals surface area contributed by atoms with Gasteiger partial charge in [-0.05, 0) is 55.7 Å². The van der Waals surface area contributed by atoms with Crippen LogP contribution in [0.2, 0.25) is 0 Å². The standard InChI is InChI=1S/C24H27F3N2O5S/c1-29(2)19-6-5-13(23(31)28-16-8-17(25)21(27)18(26)9-16)7-20(19)35(33,34)22-14-3-4-15(22)11-24(32,10-14)12-30/h5-9,14-15,22,30,32H,3-4,10-12H2,1-2H3,(H,28,31)/t14-,15?,22?,24?/m1/s1. The average molecular weight is 513 g/mol. The van der Waals surface area contributed by atoms with E-state index in [-0.39, 0.29) is 40.8 Å². The first kappa shape index (κ1) is 25.5. The van der Waals surface area contributed by atoms with Gasteiger partial charge in [-0.1, -0.05) is 0 Å². The molecule has 2 fully saturated rings. The first-order valence-electron chi connectivity index (χ1n) is 11.2. The molecule has 2 aliphatic carbocycles. The molecule has 35 heavy (non-hydrogen) atoms. The summed E-state index contributed by atoms with van der Waals surface area (Å²) in [6.07, 6.45) is 1.55. The second-order valence-corrected chi connectivity index (χ2v) is 11.8. The number of benzene rings is 2. The van der Waals surface area contributed by atoms with Crippen molar-refractivity contribution in [3.63, 3.8) is 0 Å². The molecule has 0 saturated heterocycles. The van der Waals surface area contributed by atoms with Crippen LogP contribution < -0.4 is 10.2 Å². The van der Waals surface area contributed by atoms with E-state index in [0.717, 1.165) is 0 Å². The van der Waals surface area contributed by atoms with Crippen LogP contribution in [0.4, 0.5) is 24.5 Å². The molecule has 2 aliphatic rings. The van der Waals surface area contributed by atoms with Gasteiger partial charge in [-0.2, -0.15) is 0 Å². The molecule has 2 aromatic rings. The van der Waals surface area contributed by atoms with Crippen LogP contribution in [0.3, 0.4) is 0 Å².